The zero-order chi connectivity index (χ0) is 15.6. The molecule has 0 radical (unpaired) electrons. The Bertz CT molecular complexity index is 731. The van der Waals surface area contributed by atoms with E-state index in [1.807, 2.05) is 0 Å². The third-order valence-electron chi connectivity index (χ3n) is 2.65. The van der Waals surface area contributed by atoms with Crippen LogP contribution in [0.15, 0.2) is 12.1 Å². The summed E-state index contributed by atoms with van der Waals surface area (Å²) in [5.41, 5.74) is 4.89. The third-order valence-corrected chi connectivity index (χ3v) is 3.76. The highest BCUT2D eigenvalue weighted by Crippen LogP contribution is 2.35. The minimum atomic E-state index is -4.54. The van der Waals surface area contributed by atoms with Crippen molar-refractivity contribution in [2.45, 2.75) is 12.6 Å². The molecular weight excluding hydrogens is 303 g/mol. The van der Waals surface area contributed by atoms with Crippen LogP contribution >= 0.6 is 11.3 Å². The number of hydrogen-bond donors (Lipinski definition) is 2. The summed E-state index contributed by atoms with van der Waals surface area (Å²) in [6.45, 7) is 0.268. The largest absolute Gasteiger partial charge is 0.433 e. The van der Waals surface area contributed by atoms with Crippen molar-refractivity contribution in [2.75, 3.05) is 12.3 Å². The van der Waals surface area contributed by atoms with Crippen LogP contribution in [0.5, 0.6) is 0 Å². The molecule has 0 bridgehead atoms. The highest BCUT2D eigenvalue weighted by molar-refractivity contribution is 7.21. The standard InChI is InChI=1S/C13H10F3N3OS/c1-2-3-6-18-11(20)10-9(17)7-4-5-8(13(14,15)16)19-12(7)21-10/h1,4-5H,3,6,17H2,(H,18,20). The molecule has 0 aromatic carbocycles. The Kier molecular flexibility index (Phi) is 4.04. The molecule has 2 aromatic rings. The number of fused-ring (bicyclic) bond motifs is 1. The van der Waals surface area contributed by atoms with Gasteiger partial charge in [0.1, 0.15) is 15.4 Å². The van der Waals surface area contributed by atoms with Gasteiger partial charge >= 0.3 is 6.18 Å². The summed E-state index contributed by atoms with van der Waals surface area (Å²) in [7, 11) is 0. The van der Waals surface area contributed by atoms with E-state index in [1.54, 1.807) is 0 Å². The van der Waals surface area contributed by atoms with E-state index in [4.69, 9.17) is 12.2 Å². The molecule has 110 valence electrons. The van der Waals surface area contributed by atoms with Crippen LogP contribution in [0.3, 0.4) is 0 Å². The Morgan fingerprint density at radius 3 is 2.81 bits per heavy atom. The van der Waals surface area contributed by atoms with Gasteiger partial charge in [0.25, 0.3) is 5.91 Å². The number of rotatable bonds is 3. The van der Waals surface area contributed by atoms with Crippen LogP contribution in [-0.4, -0.2) is 17.4 Å². The first kappa shape index (κ1) is 15.1. The minimum absolute atomic E-state index is 0.0735. The number of terminal acetylenes is 1. The average molecular weight is 313 g/mol. The van der Waals surface area contributed by atoms with Crippen molar-refractivity contribution in [1.82, 2.24) is 10.3 Å². The SMILES string of the molecule is C#CCCNC(=O)c1sc2nc(C(F)(F)F)ccc2c1N. The molecule has 0 fully saturated rings. The number of anilines is 1. The molecule has 2 aromatic heterocycles. The van der Waals surface area contributed by atoms with E-state index in [2.05, 4.69) is 16.2 Å². The molecule has 21 heavy (non-hydrogen) atoms. The number of hydrogen-bond acceptors (Lipinski definition) is 4. The summed E-state index contributed by atoms with van der Waals surface area (Å²) < 4.78 is 37.8. The number of carbonyl (C=O) groups is 1. The number of nitrogen functional groups attached to an aromatic ring is 1. The first-order chi connectivity index (χ1) is 9.84. The first-order valence-corrected chi connectivity index (χ1v) is 6.64. The van der Waals surface area contributed by atoms with E-state index in [1.165, 1.54) is 6.07 Å². The third kappa shape index (κ3) is 3.08. The number of amides is 1. The van der Waals surface area contributed by atoms with Gasteiger partial charge in [0, 0.05) is 18.4 Å². The van der Waals surface area contributed by atoms with Gasteiger partial charge in [-0.3, -0.25) is 4.79 Å². The molecule has 4 nitrogen and oxygen atoms in total. The Balaban J connectivity index is 2.37. The van der Waals surface area contributed by atoms with Crippen LogP contribution in [0.1, 0.15) is 21.8 Å². The van der Waals surface area contributed by atoms with Gasteiger partial charge in [-0.2, -0.15) is 13.2 Å². The van der Waals surface area contributed by atoms with Crippen LogP contribution < -0.4 is 11.1 Å². The number of nitrogens with zero attached hydrogens (tertiary/aromatic N) is 1. The van der Waals surface area contributed by atoms with Crippen LogP contribution in [-0.2, 0) is 6.18 Å². The maximum absolute atomic E-state index is 12.6. The summed E-state index contributed by atoms with van der Waals surface area (Å²) in [5, 5.41) is 2.87. The van der Waals surface area contributed by atoms with Crippen LogP contribution in [0.4, 0.5) is 18.9 Å². The van der Waals surface area contributed by atoms with Crippen LogP contribution in [0, 0.1) is 12.3 Å². The molecule has 0 aliphatic rings. The molecule has 0 unspecified atom stereocenters. The average Bonchev–Trinajstić information content (AvgIpc) is 2.75. The van der Waals surface area contributed by atoms with E-state index >= 15 is 0 Å². The molecule has 0 atom stereocenters. The number of carbonyl (C=O) groups excluding carboxylic acids is 1. The Morgan fingerprint density at radius 2 is 2.19 bits per heavy atom. The summed E-state index contributed by atoms with van der Waals surface area (Å²) in [5.74, 6) is 1.89. The number of halogens is 3. The van der Waals surface area contributed by atoms with Gasteiger partial charge in [-0.25, -0.2) is 4.98 Å². The zero-order valence-corrected chi connectivity index (χ0v) is 11.4. The molecule has 1 amide bonds. The van der Waals surface area contributed by atoms with E-state index in [-0.39, 0.29) is 21.9 Å². The van der Waals surface area contributed by atoms with Gasteiger partial charge in [0.05, 0.1) is 5.69 Å². The lowest BCUT2D eigenvalue weighted by atomic mass is 10.2. The fourth-order valence-corrected chi connectivity index (χ4v) is 2.66. The normalized spacial score (nSPS) is 11.3. The second-order valence-corrected chi connectivity index (χ2v) is 5.10. The number of pyridine rings is 1. The number of aromatic nitrogens is 1. The van der Waals surface area contributed by atoms with Crippen LogP contribution in [0.25, 0.3) is 10.2 Å². The second-order valence-electron chi connectivity index (χ2n) is 4.10. The lowest BCUT2D eigenvalue weighted by Gasteiger charge is -2.04. The van der Waals surface area contributed by atoms with Crippen molar-refractivity contribution < 1.29 is 18.0 Å². The number of alkyl halides is 3. The van der Waals surface area contributed by atoms with Crippen molar-refractivity contribution in [2.24, 2.45) is 0 Å². The molecule has 2 rings (SSSR count). The molecule has 2 heterocycles. The van der Waals surface area contributed by atoms with E-state index in [0.717, 1.165) is 17.4 Å². The summed E-state index contributed by atoms with van der Waals surface area (Å²) in [6.07, 6.45) is 0.877. The number of thiophene rings is 1. The number of nitrogens with one attached hydrogen (secondary N) is 1. The maximum atomic E-state index is 12.6. The molecule has 0 spiro atoms. The summed E-state index contributed by atoms with van der Waals surface area (Å²) in [4.78, 5) is 15.6. The topological polar surface area (TPSA) is 68.0 Å². The Hall–Kier alpha value is -2.27. The van der Waals surface area contributed by atoms with E-state index < -0.39 is 17.8 Å². The second kappa shape index (κ2) is 5.61. The lowest BCUT2D eigenvalue weighted by Crippen LogP contribution is -2.23. The van der Waals surface area contributed by atoms with Gasteiger partial charge in [-0.1, -0.05) is 0 Å². The monoisotopic (exact) mass is 313 g/mol. The fraction of sp³-hybridized carbons (Fsp3) is 0.231. The number of nitrogens with two attached hydrogens (primary N) is 1. The van der Waals surface area contributed by atoms with Crippen molar-refractivity contribution in [3.63, 3.8) is 0 Å². The summed E-state index contributed by atoms with van der Waals surface area (Å²) in [6, 6.07) is 2.06. The predicted octanol–water partition coefficient (Wildman–Crippen LogP) is 2.65. The molecular formula is C13H10F3N3OS. The van der Waals surface area contributed by atoms with Gasteiger partial charge in [-0.05, 0) is 12.1 Å². The van der Waals surface area contributed by atoms with E-state index in [0.29, 0.717) is 11.8 Å². The van der Waals surface area contributed by atoms with Gasteiger partial charge in [-0.15, -0.1) is 23.7 Å². The van der Waals surface area contributed by atoms with Gasteiger partial charge in [0.15, 0.2) is 0 Å². The van der Waals surface area contributed by atoms with Crippen LogP contribution in [0.2, 0.25) is 0 Å². The molecule has 3 N–H and O–H groups in total. The molecule has 0 aliphatic heterocycles. The van der Waals surface area contributed by atoms with Gasteiger partial charge in [0.2, 0.25) is 0 Å². The fourth-order valence-electron chi connectivity index (χ4n) is 1.65. The zero-order valence-electron chi connectivity index (χ0n) is 10.6. The predicted molar refractivity (Wildman–Crippen MR) is 74.8 cm³/mol. The maximum Gasteiger partial charge on any atom is 0.433 e. The lowest BCUT2D eigenvalue weighted by molar-refractivity contribution is -0.140. The highest BCUT2D eigenvalue weighted by Gasteiger charge is 2.33. The van der Waals surface area contributed by atoms with Crippen molar-refractivity contribution in [1.29, 1.82) is 0 Å². The smallest absolute Gasteiger partial charge is 0.397 e. The van der Waals surface area contributed by atoms with Crippen molar-refractivity contribution in [3.8, 4) is 12.3 Å². The molecule has 0 saturated heterocycles. The first-order valence-electron chi connectivity index (χ1n) is 5.82. The molecule has 0 aliphatic carbocycles. The van der Waals surface area contributed by atoms with E-state index in [9.17, 15) is 18.0 Å². The highest BCUT2D eigenvalue weighted by atomic mass is 32.1. The molecule has 8 heteroatoms. The van der Waals surface area contributed by atoms with Crippen molar-refractivity contribution >= 4 is 33.1 Å². The molecule has 0 saturated carbocycles. The van der Waals surface area contributed by atoms with Gasteiger partial charge < -0.3 is 11.1 Å². The quantitative estimate of drug-likeness (QED) is 0.676. The summed E-state index contributed by atoms with van der Waals surface area (Å²) >= 11 is 0.821. The van der Waals surface area contributed by atoms with Crippen molar-refractivity contribution in [3.05, 3.63) is 22.7 Å². The minimum Gasteiger partial charge on any atom is -0.397 e. The Morgan fingerprint density at radius 1 is 1.48 bits per heavy atom. The Labute approximate surface area is 122 Å².